The van der Waals surface area contributed by atoms with Gasteiger partial charge in [0.1, 0.15) is 11.2 Å². The number of rotatable bonds is 5. The molecule has 0 fully saturated rings. The van der Waals surface area contributed by atoms with Crippen molar-refractivity contribution in [2.24, 2.45) is 0 Å². The van der Waals surface area contributed by atoms with Crippen LogP contribution >= 0.6 is 19.5 Å². The summed E-state index contributed by atoms with van der Waals surface area (Å²) in [7, 11) is -0.409. The summed E-state index contributed by atoms with van der Waals surface area (Å²) in [6.45, 7) is 7.33. The standard InChI is InChI=1S/C24H20ClF4N4P/c1-11(14-6-7-15(26)21(29)20(14)28)32-24-19(25)12(2)31-17-9-16(27)22(33-23(17)24)13-5-8-18(30-10-13)34(3)4/h5-11H,1-4H3,(H,31,32). The zero-order valence-corrected chi connectivity index (χ0v) is 20.4. The number of aromatic nitrogens is 3. The zero-order chi connectivity index (χ0) is 24.7. The largest absolute Gasteiger partial charge is 0.375 e. The number of hydrogen-bond donors (Lipinski definition) is 1. The summed E-state index contributed by atoms with van der Waals surface area (Å²) in [6.07, 6.45) is 1.56. The lowest BCUT2D eigenvalue weighted by molar-refractivity contribution is 0.438. The fraction of sp³-hybridized carbons (Fsp3) is 0.208. The van der Waals surface area contributed by atoms with Crippen LogP contribution < -0.4 is 10.8 Å². The first kappa shape index (κ1) is 24.3. The van der Waals surface area contributed by atoms with Crippen molar-refractivity contribution in [1.29, 1.82) is 0 Å². The van der Waals surface area contributed by atoms with Gasteiger partial charge in [0.2, 0.25) is 0 Å². The molecule has 4 aromatic rings. The number of aryl methyl sites for hydroxylation is 1. The summed E-state index contributed by atoms with van der Waals surface area (Å²) >= 11 is 6.50. The summed E-state index contributed by atoms with van der Waals surface area (Å²) in [5.41, 5.74) is 2.51. The van der Waals surface area contributed by atoms with Gasteiger partial charge in [-0.3, -0.25) is 4.98 Å². The summed E-state index contributed by atoms with van der Waals surface area (Å²) in [6, 6.07) is 6.01. The van der Waals surface area contributed by atoms with Gasteiger partial charge in [-0.05, 0) is 45.4 Å². The van der Waals surface area contributed by atoms with Crippen LogP contribution in [0.15, 0.2) is 36.5 Å². The number of nitrogens with one attached hydrogen (secondary N) is 1. The molecule has 0 saturated heterocycles. The molecule has 0 bridgehead atoms. The highest BCUT2D eigenvalue weighted by molar-refractivity contribution is 7.63. The average molecular weight is 507 g/mol. The van der Waals surface area contributed by atoms with Gasteiger partial charge >= 0.3 is 0 Å². The predicted molar refractivity (Wildman–Crippen MR) is 129 cm³/mol. The quantitative estimate of drug-likeness (QED) is 0.185. The fourth-order valence-electron chi connectivity index (χ4n) is 3.56. The summed E-state index contributed by atoms with van der Waals surface area (Å²) in [5.74, 6) is -4.73. The number of pyridine rings is 3. The van der Waals surface area contributed by atoms with E-state index in [1.165, 1.54) is 6.07 Å². The Labute approximate surface area is 200 Å². The monoisotopic (exact) mass is 506 g/mol. The highest BCUT2D eigenvalue weighted by atomic mass is 35.5. The van der Waals surface area contributed by atoms with Crippen molar-refractivity contribution in [2.45, 2.75) is 19.9 Å². The first-order valence-electron chi connectivity index (χ1n) is 10.3. The van der Waals surface area contributed by atoms with Crippen LogP contribution in [0.5, 0.6) is 0 Å². The number of hydrogen-bond acceptors (Lipinski definition) is 4. The number of benzene rings is 1. The Hall–Kier alpha value is -2.83. The molecule has 176 valence electrons. The molecule has 0 aliphatic heterocycles. The normalized spacial score (nSPS) is 12.4. The Bertz CT molecular complexity index is 1400. The van der Waals surface area contributed by atoms with Crippen molar-refractivity contribution in [1.82, 2.24) is 15.0 Å². The molecular weight excluding hydrogens is 487 g/mol. The van der Waals surface area contributed by atoms with Crippen LogP contribution in [-0.4, -0.2) is 28.3 Å². The van der Waals surface area contributed by atoms with Gasteiger partial charge in [-0.1, -0.05) is 25.6 Å². The molecule has 1 atom stereocenters. The lowest BCUT2D eigenvalue weighted by Gasteiger charge is -2.20. The van der Waals surface area contributed by atoms with E-state index in [2.05, 4.69) is 33.6 Å². The lowest BCUT2D eigenvalue weighted by Crippen LogP contribution is -2.12. The molecule has 0 saturated carbocycles. The molecule has 1 N–H and O–H groups in total. The SMILES string of the molecule is Cc1nc2cc(F)c(-c3ccc(P(C)C)nc3)nc2c(NC(C)c2ccc(F)c(F)c2F)c1Cl. The van der Waals surface area contributed by atoms with Crippen molar-refractivity contribution in [3.8, 4) is 11.3 Å². The molecule has 0 aliphatic rings. The van der Waals surface area contributed by atoms with Crippen molar-refractivity contribution in [2.75, 3.05) is 18.6 Å². The number of nitrogens with zero attached hydrogens (tertiary/aromatic N) is 3. The van der Waals surface area contributed by atoms with Gasteiger partial charge in [-0.2, -0.15) is 0 Å². The van der Waals surface area contributed by atoms with Crippen LogP contribution in [0.4, 0.5) is 23.2 Å². The maximum atomic E-state index is 15.0. The second kappa shape index (κ2) is 9.43. The van der Waals surface area contributed by atoms with E-state index >= 15 is 0 Å². The van der Waals surface area contributed by atoms with Gasteiger partial charge in [-0.25, -0.2) is 27.5 Å². The Morgan fingerprint density at radius 1 is 0.971 bits per heavy atom. The van der Waals surface area contributed by atoms with E-state index in [9.17, 15) is 17.6 Å². The van der Waals surface area contributed by atoms with Gasteiger partial charge < -0.3 is 5.32 Å². The number of anilines is 1. The zero-order valence-electron chi connectivity index (χ0n) is 18.7. The van der Waals surface area contributed by atoms with E-state index in [0.29, 0.717) is 11.3 Å². The highest BCUT2D eigenvalue weighted by Crippen LogP contribution is 2.36. The molecule has 3 heterocycles. The molecule has 34 heavy (non-hydrogen) atoms. The second-order valence-corrected chi connectivity index (χ2v) is 10.6. The van der Waals surface area contributed by atoms with Gasteiger partial charge in [-0.15, -0.1) is 0 Å². The summed E-state index contributed by atoms with van der Waals surface area (Å²) < 4.78 is 56.5. The van der Waals surface area contributed by atoms with Crippen molar-refractivity contribution < 1.29 is 17.6 Å². The minimum absolute atomic E-state index is 0.0551. The van der Waals surface area contributed by atoms with Crippen LogP contribution in [0.3, 0.4) is 0 Å². The van der Waals surface area contributed by atoms with Crippen LogP contribution in [-0.2, 0) is 0 Å². The number of fused-ring (bicyclic) bond motifs is 1. The Morgan fingerprint density at radius 2 is 1.71 bits per heavy atom. The van der Waals surface area contributed by atoms with Crippen molar-refractivity contribution in [3.63, 3.8) is 0 Å². The Balaban J connectivity index is 1.83. The smallest absolute Gasteiger partial charge is 0.194 e. The van der Waals surface area contributed by atoms with Gasteiger partial charge in [0.05, 0.1) is 33.4 Å². The molecular formula is C24H20ClF4N4P. The Morgan fingerprint density at radius 3 is 2.35 bits per heavy atom. The van der Waals surface area contributed by atoms with E-state index in [-0.39, 0.29) is 33.0 Å². The first-order valence-corrected chi connectivity index (χ1v) is 12.9. The molecule has 4 rings (SSSR count). The first-order chi connectivity index (χ1) is 16.1. The maximum Gasteiger partial charge on any atom is 0.194 e. The molecule has 4 nitrogen and oxygen atoms in total. The van der Waals surface area contributed by atoms with Crippen molar-refractivity contribution >= 4 is 41.7 Å². The highest BCUT2D eigenvalue weighted by Gasteiger charge is 2.22. The lowest BCUT2D eigenvalue weighted by atomic mass is 10.1. The van der Waals surface area contributed by atoms with Crippen LogP contribution in [0.1, 0.15) is 24.2 Å². The molecule has 0 radical (unpaired) electrons. The third-order valence-electron chi connectivity index (χ3n) is 5.39. The fourth-order valence-corrected chi connectivity index (χ4v) is 4.41. The third-order valence-corrected chi connectivity index (χ3v) is 7.03. The third kappa shape index (κ3) is 4.44. The Kier molecular flexibility index (Phi) is 6.74. The molecule has 0 aliphatic carbocycles. The molecule has 0 spiro atoms. The van der Waals surface area contributed by atoms with Crippen LogP contribution in [0.2, 0.25) is 5.02 Å². The maximum absolute atomic E-state index is 15.0. The predicted octanol–water partition coefficient (Wildman–Crippen LogP) is 6.75. The minimum Gasteiger partial charge on any atom is -0.375 e. The van der Waals surface area contributed by atoms with E-state index in [0.717, 1.165) is 17.6 Å². The van der Waals surface area contributed by atoms with Crippen LogP contribution in [0, 0.1) is 30.2 Å². The number of halogens is 5. The molecule has 10 heteroatoms. The van der Waals surface area contributed by atoms with E-state index in [1.54, 1.807) is 26.1 Å². The molecule has 3 aromatic heterocycles. The van der Waals surface area contributed by atoms with Gasteiger partial charge in [0.15, 0.2) is 23.3 Å². The topological polar surface area (TPSA) is 50.7 Å². The van der Waals surface area contributed by atoms with Gasteiger partial charge in [0, 0.05) is 23.4 Å². The summed E-state index contributed by atoms with van der Waals surface area (Å²) in [4.78, 5) is 13.2. The van der Waals surface area contributed by atoms with Gasteiger partial charge in [0.25, 0.3) is 0 Å². The molecule has 1 aromatic carbocycles. The van der Waals surface area contributed by atoms with E-state index in [1.807, 2.05) is 6.07 Å². The molecule has 1 unspecified atom stereocenters. The molecule has 0 amide bonds. The average Bonchev–Trinajstić information content (AvgIpc) is 2.80. The van der Waals surface area contributed by atoms with Crippen molar-refractivity contribution in [3.05, 3.63) is 76.1 Å². The van der Waals surface area contributed by atoms with E-state index < -0.39 is 37.2 Å². The second-order valence-electron chi connectivity index (χ2n) is 8.00. The summed E-state index contributed by atoms with van der Waals surface area (Å²) in [5, 5.41) is 3.22. The minimum atomic E-state index is -1.56. The van der Waals surface area contributed by atoms with Crippen LogP contribution in [0.25, 0.3) is 22.3 Å². The van der Waals surface area contributed by atoms with E-state index in [4.69, 9.17) is 11.6 Å².